The van der Waals surface area contributed by atoms with Gasteiger partial charge in [-0.25, -0.2) is 13.4 Å². The van der Waals surface area contributed by atoms with Crippen molar-refractivity contribution < 1.29 is 13.2 Å². The fraction of sp³-hybridized carbons (Fsp3) is 0.111. The lowest BCUT2D eigenvalue weighted by Crippen LogP contribution is -1.98. The van der Waals surface area contributed by atoms with Crippen LogP contribution in [0, 0.1) is 0 Å². The molecule has 6 heteroatoms. The standard InChI is InChI=1S/C9H8N2O3S/c12-15(13)6-8(11-7-15)5-14-9-2-1-3-10-4-9/h1-4,6-7H,5H2. The van der Waals surface area contributed by atoms with Crippen molar-refractivity contribution in [1.82, 2.24) is 4.98 Å². The molecule has 1 aromatic rings. The minimum Gasteiger partial charge on any atom is -0.486 e. The zero-order chi connectivity index (χ0) is 10.7. The van der Waals surface area contributed by atoms with E-state index in [0.29, 0.717) is 11.4 Å². The second kappa shape index (κ2) is 3.82. The Morgan fingerprint density at radius 1 is 1.40 bits per heavy atom. The first kappa shape index (κ1) is 9.85. The number of aliphatic imine (C=N–C) groups is 1. The number of hydrogen-bond donors (Lipinski definition) is 0. The molecule has 0 aliphatic carbocycles. The SMILES string of the molecule is O=S1(=O)C=NC(COc2cccnc2)=C1. The number of nitrogens with zero attached hydrogens (tertiary/aromatic N) is 2. The third-order valence-electron chi connectivity index (χ3n) is 1.69. The smallest absolute Gasteiger partial charge is 0.212 e. The van der Waals surface area contributed by atoms with Crippen LogP contribution in [-0.2, 0) is 9.84 Å². The molecule has 2 rings (SSSR count). The fourth-order valence-corrected chi connectivity index (χ4v) is 1.90. The lowest BCUT2D eigenvalue weighted by molar-refractivity contribution is 0.350. The van der Waals surface area contributed by atoms with Crippen molar-refractivity contribution in [3.63, 3.8) is 0 Å². The molecule has 0 fully saturated rings. The van der Waals surface area contributed by atoms with Crippen LogP contribution in [-0.4, -0.2) is 25.6 Å². The molecule has 0 bridgehead atoms. The van der Waals surface area contributed by atoms with E-state index in [9.17, 15) is 8.42 Å². The van der Waals surface area contributed by atoms with Crippen LogP contribution < -0.4 is 4.74 Å². The minimum atomic E-state index is -3.25. The van der Waals surface area contributed by atoms with Gasteiger partial charge in [-0.3, -0.25) is 4.98 Å². The number of pyridine rings is 1. The maximum Gasteiger partial charge on any atom is 0.212 e. The van der Waals surface area contributed by atoms with Crippen LogP contribution in [0.4, 0.5) is 0 Å². The van der Waals surface area contributed by atoms with Crippen molar-refractivity contribution in [2.24, 2.45) is 4.99 Å². The fourth-order valence-electron chi connectivity index (χ4n) is 1.05. The van der Waals surface area contributed by atoms with Crippen LogP contribution in [0.2, 0.25) is 0 Å². The van der Waals surface area contributed by atoms with E-state index in [1.165, 1.54) is 0 Å². The molecule has 0 unspecified atom stereocenters. The van der Waals surface area contributed by atoms with E-state index in [2.05, 4.69) is 9.98 Å². The molecule has 0 radical (unpaired) electrons. The highest BCUT2D eigenvalue weighted by Crippen LogP contribution is 2.12. The Bertz CT molecular complexity index is 505. The van der Waals surface area contributed by atoms with Gasteiger partial charge < -0.3 is 4.74 Å². The first-order chi connectivity index (χ1) is 7.16. The van der Waals surface area contributed by atoms with E-state index >= 15 is 0 Å². The van der Waals surface area contributed by atoms with Gasteiger partial charge in [0.2, 0.25) is 9.84 Å². The van der Waals surface area contributed by atoms with Crippen LogP contribution in [0.1, 0.15) is 0 Å². The average molecular weight is 224 g/mol. The van der Waals surface area contributed by atoms with Gasteiger partial charge in [0, 0.05) is 6.20 Å². The Morgan fingerprint density at radius 2 is 2.27 bits per heavy atom. The number of hydrogen-bond acceptors (Lipinski definition) is 5. The summed E-state index contributed by atoms with van der Waals surface area (Å²) in [6.07, 6.45) is 3.18. The summed E-state index contributed by atoms with van der Waals surface area (Å²) in [5.74, 6) is 0.581. The molecule has 0 aromatic carbocycles. The van der Waals surface area contributed by atoms with E-state index in [-0.39, 0.29) is 6.61 Å². The van der Waals surface area contributed by atoms with Gasteiger partial charge in [0.05, 0.1) is 17.3 Å². The molecule has 0 amide bonds. The number of aromatic nitrogens is 1. The van der Waals surface area contributed by atoms with Crippen molar-refractivity contribution in [2.75, 3.05) is 6.61 Å². The highest BCUT2D eigenvalue weighted by molar-refractivity contribution is 8.07. The topological polar surface area (TPSA) is 68.6 Å². The largest absolute Gasteiger partial charge is 0.486 e. The normalized spacial score (nSPS) is 17.5. The molecule has 78 valence electrons. The summed E-state index contributed by atoms with van der Waals surface area (Å²) in [6, 6.07) is 3.47. The Hall–Kier alpha value is -1.69. The molecule has 0 N–H and O–H groups in total. The molecule has 1 aliphatic rings. The average Bonchev–Trinajstić information content (AvgIpc) is 2.57. The van der Waals surface area contributed by atoms with Gasteiger partial charge in [0.15, 0.2) is 0 Å². The summed E-state index contributed by atoms with van der Waals surface area (Å²) in [4.78, 5) is 7.56. The number of ether oxygens (including phenoxy) is 1. The first-order valence-electron chi connectivity index (χ1n) is 4.18. The number of rotatable bonds is 3. The molecule has 0 atom stereocenters. The van der Waals surface area contributed by atoms with Crippen molar-refractivity contribution in [2.45, 2.75) is 0 Å². The Balaban J connectivity index is 1.99. The molecule has 0 spiro atoms. The maximum absolute atomic E-state index is 11.0. The molecule has 1 aliphatic heterocycles. The third kappa shape index (κ3) is 2.63. The van der Waals surface area contributed by atoms with Crippen LogP contribution >= 0.6 is 0 Å². The van der Waals surface area contributed by atoms with E-state index in [1.54, 1.807) is 24.5 Å². The summed E-state index contributed by atoms with van der Waals surface area (Å²) in [7, 11) is -3.25. The Kier molecular flexibility index (Phi) is 2.51. The zero-order valence-electron chi connectivity index (χ0n) is 7.70. The van der Waals surface area contributed by atoms with Crippen molar-refractivity contribution >= 4 is 15.4 Å². The molecular formula is C9H8N2O3S. The van der Waals surface area contributed by atoms with Crippen molar-refractivity contribution in [1.29, 1.82) is 0 Å². The van der Waals surface area contributed by atoms with Gasteiger partial charge in [-0.2, -0.15) is 0 Å². The van der Waals surface area contributed by atoms with Gasteiger partial charge in [-0.15, -0.1) is 0 Å². The molecular weight excluding hydrogens is 216 g/mol. The van der Waals surface area contributed by atoms with Gasteiger partial charge in [0.25, 0.3) is 0 Å². The molecule has 5 nitrogen and oxygen atoms in total. The van der Waals surface area contributed by atoms with Crippen molar-refractivity contribution in [3.05, 3.63) is 35.6 Å². The molecule has 0 saturated heterocycles. The number of sulfone groups is 1. The molecule has 2 heterocycles. The molecule has 15 heavy (non-hydrogen) atoms. The Morgan fingerprint density at radius 3 is 2.87 bits per heavy atom. The minimum absolute atomic E-state index is 0.126. The predicted octanol–water partition coefficient (Wildman–Crippen LogP) is 0.759. The van der Waals surface area contributed by atoms with Crippen LogP contribution in [0.5, 0.6) is 5.75 Å². The predicted molar refractivity (Wildman–Crippen MR) is 55.2 cm³/mol. The summed E-state index contributed by atoms with van der Waals surface area (Å²) in [5, 5.41) is 1.09. The lowest BCUT2D eigenvalue weighted by Gasteiger charge is -2.02. The maximum atomic E-state index is 11.0. The van der Waals surface area contributed by atoms with E-state index in [4.69, 9.17) is 4.74 Å². The molecule has 0 saturated carbocycles. The zero-order valence-corrected chi connectivity index (χ0v) is 8.52. The van der Waals surface area contributed by atoms with Gasteiger partial charge in [-0.05, 0) is 12.1 Å². The first-order valence-corrected chi connectivity index (χ1v) is 5.79. The second-order valence-corrected chi connectivity index (χ2v) is 4.53. The van der Waals surface area contributed by atoms with Gasteiger partial charge in [-0.1, -0.05) is 0 Å². The van der Waals surface area contributed by atoms with E-state index < -0.39 is 9.84 Å². The third-order valence-corrected chi connectivity index (χ3v) is 2.69. The highest BCUT2D eigenvalue weighted by Gasteiger charge is 2.12. The highest BCUT2D eigenvalue weighted by atomic mass is 32.2. The van der Waals surface area contributed by atoms with Crippen LogP contribution in [0.15, 0.2) is 40.6 Å². The molecule has 1 aromatic heterocycles. The van der Waals surface area contributed by atoms with Crippen molar-refractivity contribution in [3.8, 4) is 5.75 Å². The Labute approximate surface area is 87.0 Å². The summed E-state index contributed by atoms with van der Waals surface area (Å²) in [6.45, 7) is 0.126. The quantitative estimate of drug-likeness (QED) is 0.760. The summed E-state index contributed by atoms with van der Waals surface area (Å²) in [5.41, 5.74) is 1.30. The van der Waals surface area contributed by atoms with Crippen LogP contribution in [0.3, 0.4) is 0 Å². The second-order valence-electron chi connectivity index (χ2n) is 2.91. The van der Waals surface area contributed by atoms with Gasteiger partial charge in [0.1, 0.15) is 17.9 Å². The van der Waals surface area contributed by atoms with Crippen LogP contribution in [0.25, 0.3) is 0 Å². The summed E-state index contributed by atoms with van der Waals surface area (Å²) >= 11 is 0. The monoisotopic (exact) mass is 224 g/mol. The lowest BCUT2D eigenvalue weighted by atomic mass is 10.4. The van der Waals surface area contributed by atoms with E-state index in [0.717, 1.165) is 11.0 Å². The van der Waals surface area contributed by atoms with Gasteiger partial charge >= 0.3 is 0 Å². The van der Waals surface area contributed by atoms with E-state index in [1.807, 2.05) is 0 Å². The summed E-state index contributed by atoms with van der Waals surface area (Å²) < 4.78 is 27.2.